The van der Waals surface area contributed by atoms with Gasteiger partial charge in [0.2, 0.25) is 5.91 Å². The molecular formula is C9H14BrNO3. The number of piperidine rings is 1. The first kappa shape index (κ1) is 11.5. The van der Waals surface area contributed by atoms with Crippen LogP contribution in [0.25, 0.3) is 0 Å². The number of likely N-dealkylation sites (tertiary alicyclic amines) is 1. The number of alkyl halides is 1. The zero-order valence-corrected chi connectivity index (χ0v) is 9.91. The highest BCUT2D eigenvalue weighted by atomic mass is 79.9. The number of esters is 1. The summed E-state index contributed by atoms with van der Waals surface area (Å²) in [5.41, 5.74) is 0. The molecule has 0 aromatic rings. The second-order valence-corrected chi connectivity index (χ2v) is 4.45. The monoisotopic (exact) mass is 263 g/mol. The summed E-state index contributed by atoms with van der Waals surface area (Å²) in [5.74, 6) is -0.380. The van der Waals surface area contributed by atoms with Gasteiger partial charge in [-0.3, -0.25) is 4.79 Å². The van der Waals surface area contributed by atoms with Crippen LogP contribution in [0.2, 0.25) is 0 Å². The highest BCUT2D eigenvalue weighted by Gasteiger charge is 2.33. The molecule has 0 aromatic heterocycles. The van der Waals surface area contributed by atoms with Crippen LogP contribution in [0.15, 0.2) is 0 Å². The molecule has 1 rings (SSSR count). The summed E-state index contributed by atoms with van der Waals surface area (Å²) in [4.78, 5) is 24.3. The van der Waals surface area contributed by atoms with Gasteiger partial charge in [-0.05, 0) is 19.8 Å². The smallest absolute Gasteiger partial charge is 0.328 e. The Morgan fingerprint density at radius 2 is 2.36 bits per heavy atom. The molecule has 14 heavy (non-hydrogen) atoms. The van der Waals surface area contributed by atoms with E-state index in [1.165, 1.54) is 7.11 Å². The highest BCUT2D eigenvalue weighted by molar-refractivity contribution is 9.10. The van der Waals surface area contributed by atoms with Gasteiger partial charge in [-0.2, -0.15) is 0 Å². The number of hydrogen-bond donors (Lipinski definition) is 0. The van der Waals surface area contributed by atoms with Gasteiger partial charge in [0.15, 0.2) is 0 Å². The van der Waals surface area contributed by atoms with E-state index in [-0.39, 0.29) is 16.7 Å². The van der Waals surface area contributed by atoms with Gasteiger partial charge in [0.1, 0.15) is 6.04 Å². The third-order valence-corrected chi connectivity index (χ3v) is 3.27. The summed E-state index contributed by atoms with van der Waals surface area (Å²) >= 11 is 3.29. The number of nitrogens with zero attached hydrogens (tertiary/aromatic N) is 1. The second-order valence-electron chi connectivity index (χ2n) is 3.34. The fraction of sp³-hybridized carbons (Fsp3) is 0.778. The van der Waals surface area contributed by atoms with E-state index in [4.69, 9.17) is 0 Å². The molecule has 0 aliphatic carbocycles. The maximum Gasteiger partial charge on any atom is 0.328 e. The fourth-order valence-corrected chi connectivity index (χ4v) is 2.12. The molecule has 1 saturated heterocycles. The average Bonchev–Trinajstić information content (AvgIpc) is 2.20. The van der Waals surface area contributed by atoms with Crippen molar-refractivity contribution < 1.29 is 14.3 Å². The molecule has 2 atom stereocenters. The van der Waals surface area contributed by atoms with E-state index in [1.807, 2.05) is 0 Å². The van der Waals surface area contributed by atoms with Gasteiger partial charge in [-0.1, -0.05) is 15.9 Å². The summed E-state index contributed by atoms with van der Waals surface area (Å²) in [7, 11) is 1.33. The van der Waals surface area contributed by atoms with Crippen molar-refractivity contribution in [3.05, 3.63) is 0 Å². The molecule has 0 spiro atoms. The van der Waals surface area contributed by atoms with E-state index in [0.717, 1.165) is 12.8 Å². The lowest BCUT2D eigenvalue weighted by Gasteiger charge is -2.33. The van der Waals surface area contributed by atoms with Crippen LogP contribution in [0.3, 0.4) is 0 Å². The molecule has 5 heteroatoms. The molecule has 2 unspecified atom stereocenters. The molecule has 1 fully saturated rings. The molecule has 1 aliphatic heterocycles. The molecule has 4 nitrogen and oxygen atoms in total. The number of halogens is 1. The topological polar surface area (TPSA) is 46.6 Å². The van der Waals surface area contributed by atoms with Gasteiger partial charge in [0.25, 0.3) is 0 Å². The molecule has 80 valence electrons. The van der Waals surface area contributed by atoms with E-state index < -0.39 is 6.04 Å². The van der Waals surface area contributed by atoms with Gasteiger partial charge in [-0.15, -0.1) is 0 Å². The van der Waals surface area contributed by atoms with Gasteiger partial charge < -0.3 is 9.64 Å². The highest BCUT2D eigenvalue weighted by Crippen LogP contribution is 2.20. The number of ether oxygens (including phenoxy) is 1. The van der Waals surface area contributed by atoms with Gasteiger partial charge in [0.05, 0.1) is 11.9 Å². The largest absolute Gasteiger partial charge is 0.467 e. The third-order valence-electron chi connectivity index (χ3n) is 2.42. The van der Waals surface area contributed by atoms with E-state index in [1.54, 1.807) is 11.8 Å². The molecule has 1 amide bonds. The van der Waals surface area contributed by atoms with Crippen molar-refractivity contribution in [1.82, 2.24) is 4.90 Å². The van der Waals surface area contributed by atoms with Crippen molar-refractivity contribution >= 4 is 27.8 Å². The van der Waals surface area contributed by atoms with Crippen LogP contribution in [-0.2, 0) is 14.3 Å². The van der Waals surface area contributed by atoms with Crippen LogP contribution in [0.1, 0.15) is 19.8 Å². The van der Waals surface area contributed by atoms with Crippen LogP contribution < -0.4 is 0 Å². The SMILES string of the molecule is COC(=O)C(C)N1CCCC(Br)C1=O. The number of hydrogen-bond acceptors (Lipinski definition) is 3. The fourth-order valence-electron chi connectivity index (χ4n) is 1.54. The summed E-state index contributed by atoms with van der Waals surface area (Å²) in [5, 5.41) is 0. The Hall–Kier alpha value is -0.580. The Labute approximate surface area is 91.7 Å². The van der Waals surface area contributed by atoms with Crippen LogP contribution >= 0.6 is 15.9 Å². The zero-order chi connectivity index (χ0) is 10.7. The minimum atomic E-state index is -0.479. The van der Waals surface area contributed by atoms with Crippen LogP contribution in [0.4, 0.5) is 0 Å². The minimum absolute atomic E-state index is 0.0193. The lowest BCUT2D eigenvalue weighted by atomic mass is 10.1. The molecule has 0 N–H and O–H groups in total. The van der Waals surface area contributed by atoms with Gasteiger partial charge >= 0.3 is 5.97 Å². The van der Waals surface area contributed by atoms with Crippen molar-refractivity contribution in [3.8, 4) is 0 Å². The van der Waals surface area contributed by atoms with E-state index in [2.05, 4.69) is 20.7 Å². The second kappa shape index (κ2) is 4.77. The summed E-state index contributed by atoms with van der Waals surface area (Å²) in [6, 6.07) is -0.479. The predicted molar refractivity (Wildman–Crippen MR) is 55.1 cm³/mol. The third kappa shape index (κ3) is 2.26. The van der Waals surface area contributed by atoms with Crippen molar-refractivity contribution in [1.29, 1.82) is 0 Å². The Bertz CT molecular complexity index is 244. The predicted octanol–water partition coefficient (Wildman–Crippen LogP) is 0.934. The molecule has 0 bridgehead atoms. The first-order valence-corrected chi connectivity index (χ1v) is 5.52. The number of carbonyl (C=O) groups is 2. The maximum absolute atomic E-state index is 11.7. The first-order valence-electron chi connectivity index (χ1n) is 4.60. The van der Waals surface area contributed by atoms with Crippen molar-refractivity contribution in [2.24, 2.45) is 0 Å². The maximum atomic E-state index is 11.7. The van der Waals surface area contributed by atoms with Crippen molar-refractivity contribution in [2.75, 3.05) is 13.7 Å². The zero-order valence-electron chi connectivity index (χ0n) is 8.33. The summed E-state index contributed by atoms with van der Waals surface area (Å²) in [6.45, 7) is 2.33. The molecule has 0 radical (unpaired) electrons. The average molecular weight is 264 g/mol. The molecule has 0 aromatic carbocycles. The lowest BCUT2D eigenvalue weighted by Crippen LogP contribution is -2.49. The van der Waals surface area contributed by atoms with Crippen LogP contribution in [0.5, 0.6) is 0 Å². The minimum Gasteiger partial charge on any atom is -0.467 e. The Kier molecular flexibility index (Phi) is 3.92. The number of rotatable bonds is 2. The van der Waals surface area contributed by atoms with E-state index in [9.17, 15) is 9.59 Å². The molecule has 1 aliphatic rings. The van der Waals surface area contributed by atoms with Crippen LogP contribution in [0, 0.1) is 0 Å². The Balaban J connectivity index is 2.66. The summed E-state index contributed by atoms with van der Waals surface area (Å²) < 4.78 is 4.60. The first-order chi connectivity index (χ1) is 6.57. The molecule has 1 heterocycles. The Morgan fingerprint density at radius 1 is 1.71 bits per heavy atom. The normalized spacial score (nSPS) is 24.6. The molecular weight excluding hydrogens is 250 g/mol. The number of carbonyl (C=O) groups excluding carboxylic acids is 2. The standard InChI is InChI=1S/C9H14BrNO3/c1-6(9(13)14-2)11-5-3-4-7(10)8(11)12/h6-7H,3-5H2,1-2H3. The summed E-state index contributed by atoms with van der Waals surface area (Å²) in [6.07, 6.45) is 1.76. The van der Waals surface area contributed by atoms with Crippen molar-refractivity contribution in [2.45, 2.75) is 30.6 Å². The number of amides is 1. The van der Waals surface area contributed by atoms with E-state index >= 15 is 0 Å². The van der Waals surface area contributed by atoms with Gasteiger partial charge in [0, 0.05) is 6.54 Å². The number of methoxy groups -OCH3 is 1. The molecule has 0 saturated carbocycles. The van der Waals surface area contributed by atoms with Crippen LogP contribution in [-0.4, -0.2) is 41.3 Å². The van der Waals surface area contributed by atoms with Crippen molar-refractivity contribution in [3.63, 3.8) is 0 Å². The quantitative estimate of drug-likeness (QED) is 0.550. The lowest BCUT2D eigenvalue weighted by molar-refractivity contribution is -0.152. The van der Waals surface area contributed by atoms with Gasteiger partial charge in [-0.25, -0.2) is 4.79 Å². The Morgan fingerprint density at radius 3 is 2.93 bits per heavy atom. The van der Waals surface area contributed by atoms with E-state index in [0.29, 0.717) is 6.54 Å².